The lowest BCUT2D eigenvalue weighted by atomic mass is 10.1. The number of imide groups is 1. The van der Waals surface area contributed by atoms with Gasteiger partial charge in [-0.2, -0.15) is 0 Å². The maximum Gasteiger partial charge on any atom is 0.263 e. The topological polar surface area (TPSA) is 66.5 Å². The number of rotatable bonds is 4. The van der Waals surface area contributed by atoms with Crippen LogP contribution in [-0.2, 0) is 11.2 Å². The Hall–Kier alpha value is -2.66. The third-order valence-corrected chi connectivity index (χ3v) is 4.57. The lowest BCUT2D eigenvalue weighted by Gasteiger charge is -2.16. The molecule has 0 radical (unpaired) electrons. The molecule has 0 saturated heterocycles. The van der Waals surface area contributed by atoms with Crippen LogP contribution in [0, 0.1) is 6.92 Å². The van der Waals surface area contributed by atoms with Gasteiger partial charge >= 0.3 is 0 Å². The molecule has 128 valence electrons. The molecule has 0 atom stereocenters. The number of hydrogen-bond acceptors (Lipinski definition) is 3. The highest BCUT2D eigenvalue weighted by molar-refractivity contribution is 6.37. The molecule has 0 unspecified atom stereocenters. The molecule has 6 heteroatoms. The summed E-state index contributed by atoms with van der Waals surface area (Å²) in [6.07, 6.45) is 0.764. The molecule has 3 rings (SSSR count). The summed E-state index contributed by atoms with van der Waals surface area (Å²) in [5.41, 5.74) is 3.05. The summed E-state index contributed by atoms with van der Waals surface area (Å²) >= 11 is 6.02. The monoisotopic (exact) mass is 356 g/mol. The highest BCUT2D eigenvalue weighted by atomic mass is 35.5. The molecule has 0 bridgehead atoms. The Morgan fingerprint density at radius 2 is 1.84 bits per heavy atom. The summed E-state index contributed by atoms with van der Waals surface area (Å²) in [6, 6.07) is 10.5. The number of halogens is 1. The summed E-state index contributed by atoms with van der Waals surface area (Å²) in [6.45, 7) is 3.55. The van der Waals surface area contributed by atoms with Crippen LogP contribution in [0.1, 0.15) is 38.8 Å². The minimum Gasteiger partial charge on any atom is -0.324 e. The average Bonchev–Trinajstić information content (AvgIpc) is 2.82. The van der Waals surface area contributed by atoms with E-state index in [1.807, 2.05) is 32.0 Å². The van der Waals surface area contributed by atoms with Gasteiger partial charge in [-0.3, -0.25) is 19.3 Å². The Morgan fingerprint density at radius 3 is 2.52 bits per heavy atom. The first-order chi connectivity index (χ1) is 11.9. The average molecular weight is 357 g/mol. The van der Waals surface area contributed by atoms with Crippen LogP contribution in [-0.4, -0.2) is 29.2 Å². The van der Waals surface area contributed by atoms with Crippen LogP contribution < -0.4 is 5.32 Å². The molecular formula is C19H17ClN2O3. The van der Waals surface area contributed by atoms with Gasteiger partial charge in [0.05, 0.1) is 16.1 Å². The first-order valence-corrected chi connectivity index (χ1v) is 8.35. The van der Waals surface area contributed by atoms with Crippen molar-refractivity contribution in [2.75, 3.05) is 11.9 Å². The third kappa shape index (κ3) is 3.03. The minimum absolute atomic E-state index is 0.159. The van der Waals surface area contributed by atoms with Gasteiger partial charge in [0.25, 0.3) is 11.8 Å². The van der Waals surface area contributed by atoms with Crippen LogP contribution in [0.5, 0.6) is 0 Å². The fourth-order valence-electron chi connectivity index (χ4n) is 2.96. The molecule has 0 fully saturated rings. The van der Waals surface area contributed by atoms with Crippen LogP contribution in [0.3, 0.4) is 0 Å². The highest BCUT2D eigenvalue weighted by Crippen LogP contribution is 2.29. The number of carbonyl (C=O) groups is 3. The van der Waals surface area contributed by atoms with E-state index in [9.17, 15) is 14.4 Å². The zero-order valence-corrected chi connectivity index (χ0v) is 14.7. The molecule has 1 heterocycles. The second-order valence-corrected chi connectivity index (χ2v) is 6.28. The van der Waals surface area contributed by atoms with E-state index >= 15 is 0 Å². The van der Waals surface area contributed by atoms with Crippen LogP contribution in [0.25, 0.3) is 0 Å². The number of fused-ring (bicyclic) bond motifs is 1. The number of benzene rings is 2. The number of carbonyl (C=O) groups excluding carboxylic acids is 3. The Kier molecular flexibility index (Phi) is 4.59. The van der Waals surface area contributed by atoms with Gasteiger partial charge < -0.3 is 5.32 Å². The van der Waals surface area contributed by atoms with E-state index in [2.05, 4.69) is 5.32 Å². The lowest BCUT2D eigenvalue weighted by molar-refractivity contribution is -0.116. The summed E-state index contributed by atoms with van der Waals surface area (Å²) in [5, 5.41) is 3.03. The number of nitrogens with one attached hydrogen (secondary N) is 1. The van der Waals surface area contributed by atoms with Gasteiger partial charge in [-0.05, 0) is 36.6 Å². The molecule has 1 aliphatic heterocycles. The molecule has 0 aliphatic carbocycles. The zero-order chi connectivity index (χ0) is 18.1. The first kappa shape index (κ1) is 17.2. The molecule has 0 aromatic heterocycles. The van der Waals surface area contributed by atoms with E-state index in [0.29, 0.717) is 0 Å². The first-order valence-electron chi connectivity index (χ1n) is 7.97. The predicted molar refractivity (Wildman–Crippen MR) is 96.0 cm³/mol. The van der Waals surface area contributed by atoms with E-state index in [4.69, 9.17) is 11.6 Å². The highest BCUT2D eigenvalue weighted by Gasteiger charge is 2.38. The van der Waals surface area contributed by atoms with E-state index < -0.39 is 17.7 Å². The van der Waals surface area contributed by atoms with Crippen molar-refractivity contribution in [3.05, 3.63) is 63.7 Å². The minimum atomic E-state index is -0.541. The summed E-state index contributed by atoms with van der Waals surface area (Å²) < 4.78 is 0. The number of nitrogens with zero attached hydrogens (tertiary/aromatic N) is 1. The van der Waals surface area contributed by atoms with E-state index in [1.165, 1.54) is 6.07 Å². The van der Waals surface area contributed by atoms with Gasteiger partial charge in [-0.15, -0.1) is 0 Å². The van der Waals surface area contributed by atoms with Crippen molar-refractivity contribution >= 4 is 35.0 Å². The maximum atomic E-state index is 12.4. The fourth-order valence-corrected chi connectivity index (χ4v) is 3.22. The maximum absolute atomic E-state index is 12.4. The Bertz CT molecular complexity index is 892. The molecule has 1 aliphatic rings. The van der Waals surface area contributed by atoms with E-state index in [-0.39, 0.29) is 22.7 Å². The fraction of sp³-hybridized carbons (Fsp3) is 0.211. The summed E-state index contributed by atoms with van der Waals surface area (Å²) in [4.78, 5) is 38.2. The van der Waals surface area contributed by atoms with Crippen molar-refractivity contribution in [2.24, 2.45) is 0 Å². The van der Waals surface area contributed by atoms with Gasteiger partial charge in [0.1, 0.15) is 6.54 Å². The van der Waals surface area contributed by atoms with Gasteiger partial charge in [-0.25, -0.2) is 0 Å². The third-order valence-electron chi connectivity index (χ3n) is 4.25. The SMILES string of the molecule is CCc1cccc(C)c1NC(=O)CN1C(=O)c2cccc(Cl)c2C1=O. The molecule has 0 spiro atoms. The molecule has 0 saturated carbocycles. The molecular weight excluding hydrogens is 340 g/mol. The zero-order valence-electron chi connectivity index (χ0n) is 13.9. The van der Waals surface area contributed by atoms with Crippen molar-refractivity contribution in [1.82, 2.24) is 4.90 Å². The number of hydrogen-bond donors (Lipinski definition) is 1. The Labute approximate surface area is 150 Å². The molecule has 1 N–H and O–H groups in total. The van der Waals surface area contributed by atoms with Crippen molar-refractivity contribution < 1.29 is 14.4 Å². The van der Waals surface area contributed by atoms with Crippen molar-refractivity contribution in [2.45, 2.75) is 20.3 Å². The number of amides is 3. The largest absolute Gasteiger partial charge is 0.324 e. The van der Waals surface area contributed by atoms with Crippen molar-refractivity contribution in [1.29, 1.82) is 0 Å². The molecule has 3 amide bonds. The van der Waals surface area contributed by atoms with E-state index in [1.54, 1.807) is 12.1 Å². The molecule has 5 nitrogen and oxygen atoms in total. The Balaban J connectivity index is 1.80. The van der Waals surface area contributed by atoms with Crippen LogP contribution in [0.4, 0.5) is 5.69 Å². The van der Waals surface area contributed by atoms with Crippen molar-refractivity contribution in [3.8, 4) is 0 Å². The normalized spacial score (nSPS) is 13.2. The van der Waals surface area contributed by atoms with Crippen LogP contribution in [0.15, 0.2) is 36.4 Å². The number of aryl methyl sites for hydroxylation is 2. The van der Waals surface area contributed by atoms with Gasteiger partial charge in [-0.1, -0.05) is 42.8 Å². The summed E-state index contributed by atoms with van der Waals surface area (Å²) in [5.74, 6) is -1.46. The molecule has 2 aromatic carbocycles. The summed E-state index contributed by atoms with van der Waals surface area (Å²) in [7, 11) is 0. The molecule has 2 aromatic rings. The van der Waals surface area contributed by atoms with Gasteiger partial charge in [0, 0.05) is 5.69 Å². The van der Waals surface area contributed by atoms with E-state index in [0.717, 1.165) is 28.1 Å². The predicted octanol–water partition coefficient (Wildman–Crippen LogP) is 3.45. The second-order valence-electron chi connectivity index (χ2n) is 5.87. The lowest BCUT2D eigenvalue weighted by Crippen LogP contribution is -2.37. The Morgan fingerprint density at radius 1 is 1.12 bits per heavy atom. The standard InChI is InChI=1S/C19H17ClN2O3/c1-3-12-7-4-6-11(2)17(12)21-15(23)10-22-18(24)13-8-5-9-14(20)16(13)19(22)25/h4-9H,3,10H2,1-2H3,(H,21,23). The van der Waals surface area contributed by atoms with Crippen molar-refractivity contribution in [3.63, 3.8) is 0 Å². The van der Waals surface area contributed by atoms with Gasteiger partial charge in [0.15, 0.2) is 0 Å². The number of para-hydroxylation sites is 1. The quantitative estimate of drug-likeness (QED) is 0.853. The van der Waals surface area contributed by atoms with Crippen LogP contribution in [0.2, 0.25) is 5.02 Å². The van der Waals surface area contributed by atoms with Crippen LogP contribution >= 0.6 is 11.6 Å². The van der Waals surface area contributed by atoms with Gasteiger partial charge in [0.2, 0.25) is 5.91 Å². The molecule has 25 heavy (non-hydrogen) atoms. The smallest absolute Gasteiger partial charge is 0.263 e. The second kappa shape index (κ2) is 6.69. The number of anilines is 1.